The summed E-state index contributed by atoms with van der Waals surface area (Å²) < 4.78 is 14.9. The molecule has 0 amide bonds. The van der Waals surface area contributed by atoms with E-state index in [0.717, 1.165) is 23.0 Å². The molecule has 5 heteroatoms. The summed E-state index contributed by atoms with van der Waals surface area (Å²) in [4.78, 5) is 3.80. The minimum atomic E-state index is -0.274. The minimum absolute atomic E-state index is 0.131. The van der Waals surface area contributed by atoms with Crippen LogP contribution in [0.3, 0.4) is 0 Å². The van der Waals surface area contributed by atoms with Crippen LogP contribution in [0.2, 0.25) is 0 Å². The molecule has 1 N–H and O–H groups in total. The van der Waals surface area contributed by atoms with Gasteiger partial charge in [0.2, 0.25) is 0 Å². The van der Waals surface area contributed by atoms with Crippen molar-refractivity contribution >= 4 is 27.3 Å². The summed E-state index contributed by atoms with van der Waals surface area (Å²) in [6, 6.07) is 1.60. The van der Waals surface area contributed by atoms with Gasteiger partial charge < -0.3 is 5.32 Å². The van der Waals surface area contributed by atoms with E-state index in [1.54, 1.807) is 23.6 Å². The molecule has 0 bridgehead atoms. The number of hydrogen-bond donors (Lipinski definition) is 1. The number of rotatable bonds is 5. The summed E-state index contributed by atoms with van der Waals surface area (Å²) in [5.41, 5.74) is 1.70. The number of nitrogens with zero attached hydrogens (tertiary/aromatic N) is 1. The fourth-order valence-corrected chi connectivity index (χ4v) is 3.35. The number of thiophene rings is 1. The van der Waals surface area contributed by atoms with Crippen LogP contribution < -0.4 is 5.32 Å². The molecule has 0 aliphatic heterocycles. The molecule has 2 rings (SSSR count). The van der Waals surface area contributed by atoms with Crippen LogP contribution in [0.4, 0.5) is 4.39 Å². The predicted octanol–water partition coefficient (Wildman–Crippen LogP) is 4.13. The van der Waals surface area contributed by atoms with Gasteiger partial charge in [0.15, 0.2) is 0 Å². The Hall–Kier alpha value is -0.780. The van der Waals surface area contributed by atoms with E-state index in [1.165, 1.54) is 6.20 Å². The zero-order chi connectivity index (χ0) is 13.0. The summed E-state index contributed by atoms with van der Waals surface area (Å²) in [6.45, 7) is 2.93. The SMILES string of the molecule is CCCNC(c1ccncc1F)c1cscc1Br. The molecule has 0 fully saturated rings. The standard InChI is InChI=1S/C13H14BrFN2S/c1-2-4-17-13(10-7-18-8-11(10)14)9-3-5-16-6-12(9)15/h3,5-8,13,17H,2,4H2,1H3. The Morgan fingerprint density at radius 3 is 2.89 bits per heavy atom. The molecule has 2 aromatic heterocycles. The van der Waals surface area contributed by atoms with Crippen molar-refractivity contribution in [3.05, 3.63) is 50.6 Å². The zero-order valence-electron chi connectivity index (χ0n) is 9.99. The van der Waals surface area contributed by atoms with Crippen LogP contribution in [0.15, 0.2) is 33.7 Å². The maximum atomic E-state index is 13.9. The van der Waals surface area contributed by atoms with E-state index in [-0.39, 0.29) is 11.9 Å². The lowest BCUT2D eigenvalue weighted by atomic mass is 10.0. The molecular formula is C13H14BrFN2S. The second-order valence-corrected chi connectivity index (χ2v) is 5.56. The molecule has 2 aromatic rings. The van der Waals surface area contributed by atoms with Gasteiger partial charge in [-0.2, -0.15) is 11.3 Å². The van der Waals surface area contributed by atoms with Gasteiger partial charge in [0.1, 0.15) is 5.82 Å². The van der Waals surface area contributed by atoms with E-state index in [0.29, 0.717) is 5.56 Å². The Kier molecular flexibility index (Phi) is 4.86. The fourth-order valence-electron chi connectivity index (χ4n) is 1.79. The first kappa shape index (κ1) is 13.6. The third-order valence-electron chi connectivity index (χ3n) is 2.67. The predicted molar refractivity (Wildman–Crippen MR) is 76.4 cm³/mol. The van der Waals surface area contributed by atoms with E-state index in [4.69, 9.17) is 0 Å². The van der Waals surface area contributed by atoms with Gasteiger partial charge in [0.25, 0.3) is 0 Å². The van der Waals surface area contributed by atoms with Crippen molar-refractivity contribution in [1.82, 2.24) is 10.3 Å². The van der Waals surface area contributed by atoms with Crippen molar-refractivity contribution in [2.45, 2.75) is 19.4 Å². The lowest BCUT2D eigenvalue weighted by molar-refractivity contribution is 0.543. The molecule has 0 saturated heterocycles. The van der Waals surface area contributed by atoms with Crippen molar-refractivity contribution < 1.29 is 4.39 Å². The van der Waals surface area contributed by atoms with Crippen molar-refractivity contribution in [2.75, 3.05) is 6.54 Å². The fraction of sp³-hybridized carbons (Fsp3) is 0.308. The van der Waals surface area contributed by atoms with Gasteiger partial charge in [-0.3, -0.25) is 4.98 Å². The summed E-state index contributed by atoms with van der Waals surface area (Å²) in [5, 5.41) is 7.43. The highest BCUT2D eigenvalue weighted by Gasteiger charge is 2.19. The molecule has 2 nitrogen and oxygen atoms in total. The van der Waals surface area contributed by atoms with Crippen LogP contribution in [0.5, 0.6) is 0 Å². The smallest absolute Gasteiger partial charge is 0.146 e. The molecule has 0 spiro atoms. The Labute approximate surface area is 118 Å². The Balaban J connectivity index is 2.37. The van der Waals surface area contributed by atoms with E-state index in [1.807, 2.05) is 10.8 Å². The van der Waals surface area contributed by atoms with Crippen molar-refractivity contribution in [1.29, 1.82) is 0 Å². The van der Waals surface area contributed by atoms with Gasteiger partial charge in [-0.15, -0.1) is 0 Å². The van der Waals surface area contributed by atoms with Gasteiger partial charge in [-0.25, -0.2) is 4.39 Å². The number of pyridine rings is 1. The molecule has 0 aliphatic rings. The maximum absolute atomic E-state index is 13.9. The summed E-state index contributed by atoms with van der Waals surface area (Å²) >= 11 is 5.12. The van der Waals surface area contributed by atoms with Crippen LogP contribution in [-0.2, 0) is 0 Å². The molecule has 1 atom stereocenters. The largest absolute Gasteiger partial charge is 0.306 e. The summed E-state index contributed by atoms with van der Waals surface area (Å²) in [5.74, 6) is -0.274. The van der Waals surface area contributed by atoms with Crippen LogP contribution >= 0.6 is 27.3 Å². The maximum Gasteiger partial charge on any atom is 0.146 e. The van der Waals surface area contributed by atoms with Crippen molar-refractivity contribution in [2.24, 2.45) is 0 Å². The molecule has 1 unspecified atom stereocenters. The third-order valence-corrected chi connectivity index (χ3v) is 4.42. The number of aromatic nitrogens is 1. The minimum Gasteiger partial charge on any atom is -0.306 e. The van der Waals surface area contributed by atoms with Gasteiger partial charge in [0.05, 0.1) is 12.2 Å². The monoisotopic (exact) mass is 328 g/mol. The molecular weight excluding hydrogens is 315 g/mol. The number of nitrogens with one attached hydrogen (secondary N) is 1. The van der Waals surface area contributed by atoms with Crippen LogP contribution in [0.25, 0.3) is 0 Å². The highest BCUT2D eigenvalue weighted by molar-refractivity contribution is 9.10. The number of hydrogen-bond acceptors (Lipinski definition) is 3. The van der Waals surface area contributed by atoms with E-state index in [2.05, 4.69) is 33.2 Å². The first-order valence-electron chi connectivity index (χ1n) is 5.78. The van der Waals surface area contributed by atoms with Crippen LogP contribution in [0.1, 0.15) is 30.5 Å². The lowest BCUT2D eigenvalue weighted by Gasteiger charge is -2.19. The van der Waals surface area contributed by atoms with E-state index >= 15 is 0 Å². The van der Waals surface area contributed by atoms with Crippen molar-refractivity contribution in [3.8, 4) is 0 Å². The highest BCUT2D eigenvalue weighted by Crippen LogP contribution is 2.32. The molecule has 0 saturated carbocycles. The van der Waals surface area contributed by atoms with Gasteiger partial charge >= 0.3 is 0 Å². The Bertz CT molecular complexity index is 515. The van der Waals surface area contributed by atoms with Gasteiger partial charge in [-0.05, 0) is 45.9 Å². The molecule has 0 aliphatic carbocycles. The lowest BCUT2D eigenvalue weighted by Crippen LogP contribution is -2.24. The van der Waals surface area contributed by atoms with Gasteiger partial charge in [0, 0.05) is 21.6 Å². The quantitative estimate of drug-likeness (QED) is 0.892. The molecule has 0 radical (unpaired) electrons. The van der Waals surface area contributed by atoms with E-state index < -0.39 is 0 Å². The average molecular weight is 329 g/mol. The second kappa shape index (κ2) is 6.41. The topological polar surface area (TPSA) is 24.9 Å². The first-order valence-corrected chi connectivity index (χ1v) is 7.52. The average Bonchev–Trinajstić information content (AvgIpc) is 2.78. The highest BCUT2D eigenvalue weighted by atomic mass is 79.9. The van der Waals surface area contributed by atoms with Crippen LogP contribution in [0, 0.1) is 5.82 Å². The zero-order valence-corrected chi connectivity index (χ0v) is 12.4. The second-order valence-electron chi connectivity index (χ2n) is 3.96. The molecule has 18 heavy (non-hydrogen) atoms. The first-order chi connectivity index (χ1) is 8.74. The van der Waals surface area contributed by atoms with E-state index in [9.17, 15) is 4.39 Å². The Morgan fingerprint density at radius 2 is 2.28 bits per heavy atom. The number of halogens is 2. The van der Waals surface area contributed by atoms with Gasteiger partial charge in [-0.1, -0.05) is 6.92 Å². The molecule has 0 aromatic carbocycles. The van der Waals surface area contributed by atoms with Crippen LogP contribution in [-0.4, -0.2) is 11.5 Å². The third kappa shape index (κ3) is 2.96. The molecule has 2 heterocycles. The normalized spacial score (nSPS) is 12.6. The molecule has 96 valence electrons. The van der Waals surface area contributed by atoms with Crippen molar-refractivity contribution in [3.63, 3.8) is 0 Å². The summed E-state index contributed by atoms with van der Waals surface area (Å²) in [6.07, 6.45) is 3.89. The summed E-state index contributed by atoms with van der Waals surface area (Å²) in [7, 11) is 0. The Morgan fingerprint density at radius 1 is 1.44 bits per heavy atom.